The van der Waals surface area contributed by atoms with Gasteiger partial charge in [0.1, 0.15) is 11.4 Å². The number of hydrogen-bond acceptors (Lipinski definition) is 3. The molecule has 2 atom stereocenters. The Hall–Kier alpha value is -2.33. The highest BCUT2D eigenvalue weighted by atomic mass is 16.5. The van der Waals surface area contributed by atoms with Gasteiger partial charge in [0.25, 0.3) is 5.91 Å². The minimum Gasteiger partial charge on any atom is -0.487 e. The van der Waals surface area contributed by atoms with Crippen LogP contribution in [-0.2, 0) is 6.54 Å². The van der Waals surface area contributed by atoms with Gasteiger partial charge in [0.05, 0.1) is 6.04 Å². The lowest BCUT2D eigenvalue weighted by molar-refractivity contribution is 0.0619. The number of rotatable bonds is 4. The molecule has 154 valence electrons. The number of hydrogen-bond donors (Lipinski definition) is 1. The van der Waals surface area contributed by atoms with Crippen LogP contribution in [-0.4, -0.2) is 29.5 Å². The predicted octanol–water partition coefficient (Wildman–Crippen LogP) is 4.95. The van der Waals surface area contributed by atoms with E-state index < -0.39 is 0 Å². The molecule has 29 heavy (non-hydrogen) atoms. The maximum absolute atomic E-state index is 12.9. The Morgan fingerprint density at radius 1 is 1.17 bits per heavy atom. The van der Waals surface area contributed by atoms with E-state index in [4.69, 9.17) is 4.74 Å². The number of carbonyl (C=O) groups is 1. The molecule has 2 aliphatic heterocycles. The van der Waals surface area contributed by atoms with Crippen LogP contribution in [0.3, 0.4) is 0 Å². The third kappa shape index (κ3) is 4.81. The molecule has 1 fully saturated rings. The van der Waals surface area contributed by atoms with Gasteiger partial charge < -0.3 is 10.1 Å². The van der Waals surface area contributed by atoms with Crippen molar-refractivity contribution in [3.05, 3.63) is 65.2 Å². The van der Waals surface area contributed by atoms with Crippen LogP contribution in [0, 0.1) is 5.92 Å². The molecule has 0 unspecified atom stereocenters. The van der Waals surface area contributed by atoms with Crippen molar-refractivity contribution in [2.24, 2.45) is 5.92 Å². The maximum atomic E-state index is 12.9. The van der Waals surface area contributed by atoms with E-state index in [0.717, 1.165) is 30.2 Å². The fourth-order valence-corrected chi connectivity index (χ4v) is 4.62. The summed E-state index contributed by atoms with van der Waals surface area (Å²) in [5.41, 5.74) is 2.73. The molecule has 1 N–H and O–H groups in total. The van der Waals surface area contributed by atoms with Gasteiger partial charge in [0.15, 0.2) is 0 Å². The standard InChI is InChI=1S/C25H32N2O2/c1-18-7-6-14-27(16-18)17-19-10-12-20(13-11-19)24(28)26-22-15-25(2,3)29-23-9-5-4-8-21(22)23/h4-5,8-13,18,22H,6-7,14-17H2,1-3H3,(H,26,28)/t18-,22+/m0/s1. The fraction of sp³-hybridized carbons (Fsp3) is 0.480. The number of benzene rings is 2. The summed E-state index contributed by atoms with van der Waals surface area (Å²) in [4.78, 5) is 15.4. The van der Waals surface area contributed by atoms with Crippen LogP contribution in [0.2, 0.25) is 0 Å². The molecule has 4 nitrogen and oxygen atoms in total. The average Bonchev–Trinajstić information content (AvgIpc) is 2.67. The van der Waals surface area contributed by atoms with E-state index in [1.165, 1.54) is 31.5 Å². The first-order valence-corrected chi connectivity index (χ1v) is 10.8. The Morgan fingerprint density at radius 2 is 1.93 bits per heavy atom. The molecule has 2 aromatic carbocycles. The van der Waals surface area contributed by atoms with Crippen LogP contribution in [0.15, 0.2) is 48.5 Å². The predicted molar refractivity (Wildman–Crippen MR) is 116 cm³/mol. The number of likely N-dealkylation sites (tertiary alicyclic amines) is 1. The topological polar surface area (TPSA) is 41.6 Å². The monoisotopic (exact) mass is 392 g/mol. The van der Waals surface area contributed by atoms with Crippen LogP contribution in [0.4, 0.5) is 0 Å². The molecule has 1 saturated heterocycles. The highest BCUT2D eigenvalue weighted by molar-refractivity contribution is 5.94. The number of piperidine rings is 1. The van der Waals surface area contributed by atoms with Crippen molar-refractivity contribution in [1.29, 1.82) is 0 Å². The average molecular weight is 393 g/mol. The van der Waals surface area contributed by atoms with Gasteiger partial charge in [0.2, 0.25) is 0 Å². The van der Waals surface area contributed by atoms with Crippen molar-refractivity contribution in [1.82, 2.24) is 10.2 Å². The van der Waals surface area contributed by atoms with Gasteiger partial charge in [-0.15, -0.1) is 0 Å². The minimum absolute atomic E-state index is 0.0272. The van der Waals surface area contributed by atoms with E-state index in [1.54, 1.807) is 0 Å². The van der Waals surface area contributed by atoms with Crippen molar-refractivity contribution in [2.75, 3.05) is 13.1 Å². The molecule has 4 heteroatoms. The Labute approximate surface area is 174 Å². The van der Waals surface area contributed by atoms with Gasteiger partial charge in [-0.1, -0.05) is 37.3 Å². The van der Waals surface area contributed by atoms with Gasteiger partial charge in [-0.2, -0.15) is 0 Å². The second-order valence-electron chi connectivity index (χ2n) is 9.31. The second-order valence-corrected chi connectivity index (χ2v) is 9.31. The molecule has 0 radical (unpaired) electrons. The number of fused-ring (bicyclic) bond motifs is 1. The fourth-order valence-electron chi connectivity index (χ4n) is 4.62. The zero-order chi connectivity index (χ0) is 20.4. The minimum atomic E-state index is -0.304. The van der Waals surface area contributed by atoms with Crippen molar-refractivity contribution in [3.63, 3.8) is 0 Å². The zero-order valence-electron chi connectivity index (χ0n) is 17.8. The third-order valence-electron chi connectivity index (χ3n) is 6.05. The van der Waals surface area contributed by atoms with Crippen LogP contribution in [0.25, 0.3) is 0 Å². The van der Waals surface area contributed by atoms with Gasteiger partial charge in [-0.25, -0.2) is 0 Å². The quantitative estimate of drug-likeness (QED) is 0.800. The largest absolute Gasteiger partial charge is 0.487 e. The van der Waals surface area contributed by atoms with Crippen LogP contribution in [0.1, 0.15) is 67.6 Å². The molecule has 0 aliphatic carbocycles. The first-order valence-electron chi connectivity index (χ1n) is 10.8. The maximum Gasteiger partial charge on any atom is 0.251 e. The summed E-state index contributed by atoms with van der Waals surface area (Å²) in [6.45, 7) is 9.77. The lowest BCUT2D eigenvalue weighted by atomic mass is 9.89. The summed E-state index contributed by atoms with van der Waals surface area (Å²) in [5.74, 6) is 1.61. The number of ether oxygens (including phenoxy) is 1. The highest BCUT2D eigenvalue weighted by Gasteiger charge is 2.34. The number of nitrogens with one attached hydrogen (secondary N) is 1. The lowest BCUT2D eigenvalue weighted by Crippen LogP contribution is -2.41. The van der Waals surface area contributed by atoms with E-state index >= 15 is 0 Å². The van der Waals surface area contributed by atoms with Gasteiger partial charge in [0, 0.05) is 30.6 Å². The smallest absolute Gasteiger partial charge is 0.251 e. The van der Waals surface area contributed by atoms with E-state index in [0.29, 0.717) is 5.56 Å². The van der Waals surface area contributed by atoms with Gasteiger partial charge in [-0.3, -0.25) is 9.69 Å². The lowest BCUT2D eigenvalue weighted by Gasteiger charge is -2.37. The SMILES string of the molecule is C[C@H]1CCCN(Cc2ccc(C(=O)N[C@@H]3CC(C)(C)Oc4ccccc43)cc2)C1. The van der Waals surface area contributed by atoms with Crippen molar-refractivity contribution >= 4 is 5.91 Å². The summed E-state index contributed by atoms with van der Waals surface area (Å²) in [6.07, 6.45) is 3.37. The Kier molecular flexibility index (Phi) is 5.64. The molecule has 4 rings (SSSR count). The van der Waals surface area contributed by atoms with Crippen molar-refractivity contribution < 1.29 is 9.53 Å². The van der Waals surface area contributed by atoms with E-state index in [9.17, 15) is 4.79 Å². The van der Waals surface area contributed by atoms with E-state index in [1.807, 2.05) is 36.4 Å². The molecule has 0 bridgehead atoms. The molecule has 0 aromatic heterocycles. The summed E-state index contributed by atoms with van der Waals surface area (Å²) < 4.78 is 6.08. The molecule has 1 amide bonds. The van der Waals surface area contributed by atoms with E-state index in [-0.39, 0.29) is 17.6 Å². The first-order chi connectivity index (χ1) is 13.9. The normalized spacial score (nSPS) is 23.7. The Morgan fingerprint density at radius 3 is 2.69 bits per heavy atom. The molecular weight excluding hydrogens is 360 g/mol. The Bertz CT molecular complexity index is 859. The number of nitrogens with zero attached hydrogens (tertiary/aromatic N) is 1. The molecule has 0 spiro atoms. The molecule has 2 aliphatic rings. The third-order valence-corrected chi connectivity index (χ3v) is 6.05. The molecule has 2 heterocycles. The summed E-state index contributed by atoms with van der Waals surface area (Å²) >= 11 is 0. The number of carbonyl (C=O) groups excluding carboxylic acids is 1. The first kappa shape index (κ1) is 20.0. The van der Waals surface area contributed by atoms with Crippen LogP contribution in [0.5, 0.6) is 5.75 Å². The van der Waals surface area contributed by atoms with Crippen molar-refractivity contribution in [2.45, 2.75) is 58.2 Å². The van der Waals surface area contributed by atoms with Gasteiger partial charge >= 0.3 is 0 Å². The van der Waals surface area contributed by atoms with Crippen LogP contribution < -0.4 is 10.1 Å². The molecule has 0 saturated carbocycles. The zero-order valence-corrected chi connectivity index (χ0v) is 17.8. The van der Waals surface area contributed by atoms with Crippen molar-refractivity contribution in [3.8, 4) is 5.75 Å². The van der Waals surface area contributed by atoms with E-state index in [2.05, 4.69) is 43.1 Å². The number of para-hydroxylation sites is 1. The Balaban J connectivity index is 1.42. The summed E-state index contributed by atoms with van der Waals surface area (Å²) in [5, 5.41) is 3.22. The summed E-state index contributed by atoms with van der Waals surface area (Å²) in [6, 6.07) is 16.0. The highest BCUT2D eigenvalue weighted by Crippen LogP contribution is 2.39. The molecular formula is C25H32N2O2. The molecule has 2 aromatic rings. The summed E-state index contributed by atoms with van der Waals surface area (Å²) in [7, 11) is 0. The van der Waals surface area contributed by atoms with Crippen LogP contribution >= 0.6 is 0 Å². The van der Waals surface area contributed by atoms with Gasteiger partial charge in [-0.05, 0) is 62.9 Å². The second kappa shape index (κ2) is 8.19. The number of amides is 1.